The zero-order valence-electron chi connectivity index (χ0n) is 13.9. The number of carbonyl (C=O) groups is 1. The standard InChI is InChI=1S/C21H20FNO2/c22-16-7-5-13(6-8-16)15-11-18(24)20(19(25)12-15)21-17-4-2-1-3-14(17)9-10-23-21/h1-8,15,21,23-24H,9-12H2/p+1/t15-,21+/m1/s1. The Balaban J connectivity index is 1.66. The van der Waals surface area contributed by atoms with Crippen molar-refractivity contribution in [2.75, 3.05) is 6.54 Å². The quantitative estimate of drug-likeness (QED) is 0.885. The topological polar surface area (TPSA) is 53.9 Å². The number of nitrogens with two attached hydrogens (primary N) is 1. The Hall–Kier alpha value is -2.46. The first-order chi connectivity index (χ1) is 12.1. The number of fused-ring (bicyclic) bond motifs is 1. The number of Topliss-reactive ketones (excluding diaryl/α,β-unsaturated/α-hetero) is 1. The summed E-state index contributed by atoms with van der Waals surface area (Å²) in [5, 5.41) is 12.8. The largest absolute Gasteiger partial charge is 0.512 e. The number of carbonyl (C=O) groups excluding carboxylic acids is 1. The molecular formula is C21H21FNO2+. The van der Waals surface area contributed by atoms with Gasteiger partial charge in [-0.05, 0) is 29.2 Å². The van der Waals surface area contributed by atoms with E-state index >= 15 is 0 Å². The number of aliphatic hydroxyl groups is 1. The zero-order valence-corrected chi connectivity index (χ0v) is 13.9. The number of halogens is 1. The van der Waals surface area contributed by atoms with Crippen LogP contribution in [-0.4, -0.2) is 17.4 Å². The van der Waals surface area contributed by atoms with Crippen molar-refractivity contribution in [3.8, 4) is 0 Å². The van der Waals surface area contributed by atoms with Crippen molar-refractivity contribution in [2.24, 2.45) is 0 Å². The highest BCUT2D eigenvalue weighted by atomic mass is 19.1. The summed E-state index contributed by atoms with van der Waals surface area (Å²) in [6.45, 7) is 0.910. The predicted molar refractivity (Wildman–Crippen MR) is 92.7 cm³/mol. The normalized spacial score (nSPS) is 23.5. The number of rotatable bonds is 2. The maximum Gasteiger partial charge on any atom is 0.169 e. The Kier molecular flexibility index (Phi) is 4.14. The van der Waals surface area contributed by atoms with Crippen molar-refractivity contribution in [2.45, 2.75) is 31.2 Å². The van der Waals surface area contributed by atoms with Crippen molar-refractivity contribution in [1.82, 2.24) is 0 Å². The molecule has 2 atom stereocenters. The summed E-state index contributed by atoms with van der Waals surface area (Å²) in [6.07, 6.45) is 1.77. The summed E-state index contributed by atoms with van der Waals surface area (Å²) in [4.78, 5) is 12.9. The van der Waals surface area contributed by atoms with Gasteiger partial charge in [0.25, 0.3) is 0 Å². The van der Waals surface area contributed by atoms with Gasteiger partial charge in [-0.25, -0.2) is 4.39 Å². The van der Waals surface area contributed by atoms with E-state index in [2.05, 4.69) is 17.4 Å². The Morgan fingerprint density at radius 2 is 1.80 bits per heavy atom. The number of ketones is 1. The molecule has 4 heteroatoms. The summed E-state index contributed by atoms with van der Waals surface area (Å²) in [5.41, 5.74) is 3.83. The molecule has 128 valence electrons. The van der Waals surface area contributed by atoms with E-state index in [1.54, 1.807) is 12.1 Å². The van der Waals surface area contributed by atoms with Crippen LogP contribution < -0.4 is 5.32 Å². The highest BCUT2D eigenvalue weighted by molar-refractivity contribution is 5.98. The Morgan fingerprint density at radius 3 is 2.56 bits per heavy atom. The van der Waals surface area contributed by atoms with E-state index in [1.807, 2.05) is 12.1 Å². The number of benzene rings is 2. The zero-order chi connectivity index (χ0) is 17.4. The molecule has 0 unspecified atom stereocenters. The van der Waals surface area contributed by atoms with Gasteiger partial charge in [0, 0.05) is 24.8 Å². The molecule has 0 saturated heterocycles. The summed E-state index contributed by atoms with van der Waals surface area (Å²) in [6, 6.07) is 14.2. The molecule has 4 rings (SSSR count). The number of hydrogen-bond donors (Lipinski definition) is 2. The Bertz CT molecular complexity index is 841. The lowest BCUT2D eigenvalue weighted by Gasteiger charge is -2.30. The van der Waals surface area contributed by atoms with E-state index in [9.17, 15) is 14.3 Å². The van der Waals surface area contributed by atoms with Gasteiger partial charge in [-0.2, -0.15) is 0 Å². The number of quaternary nitrogens is 1. The monoisotopic (exact) mass is 338 g/mol. The fraction of sp³-hybridized carbons (Fsp3) is 0.286. The molecule has 0 spiro atoms. The summed E-state index contributed by atoms with van der Waals surface area (Å²) >= 11 is 0. The molecule has 0 bridgehead atoms. The van der Waals surface area contributed by atoms with Gasteiger partial charge >= 0.3 is 0 Å². The SMILES string of the molecule is O=C1C[C@H](c2ccc(F)cc2)CC(O)=C1[C@H]1[NH2+]CCc2ccccc21. The van der Waals surface area contributed by atoms with Crippen LogP contribution in [0.25, 0.3) is 0 Å². The predicted octanol–water partition coefficient (Wildman–Crippen LogP) is 2.95. The molecule has 2 aliphatic rings. The smallest absolute Gasteiger partial charge is 0.169 e. The molecule has 3 nitrogen and oxygen atoms in total. The second-order valence-electron chi connectivity index (χ2n) is 6.89. The maximum atomic E-state index is 13.1. The molecule has 1 aliphatic heterocycles. The van der Waals surface area contributed by atoms with Gasteiger partial charge in [0.1, 0.15) is 17.6 Å². The second kappa shape index (κ2) is 6.45. The highest BCUT2D eigenvalue weighted by Gasteiger charge is 2.37. The maximum absolute atomic E-state index is 13.1. The molecule has 0 radical (unpaired) electrons. The molecule has 0 amide bonds. The van der Waals surface area contributed by atoms with Crippen LogP contribution in [0.4, 0.5) is 4.39 Å². The highest BCUT2D eigenvalue weighted by Crippen LogP contribution is 2.38. The second-order valence-corrected chi connectivity index (χ2v) is 6.89. The minimum absolute atomic E-state index is 0.00368. The van der Waals surface area contributed by atoms with Crippen molar-refractivity contribution < 1.29 is 19.6 Å². The van der Waals surface area contributed by atoms with E-state index in [0.717, 1.165) is 24.1 Å². The van der Waals surface area contributed by atoms with Crippen LogP contribution in [0.5, 0.6) is 0 Å². The van der Waals surface area contributed by atoms with Crippen LogP contribution in [0, 0.1) is 5.82 Å². The van der Waals surface area contributed by atoms with E-state index in [-0.39, 0.29) is 29.3 Å². The van der Waals surface area contributed by atoms with Gasteiger partial charge in [0.2, 0.25) is 0 Å². The Labute approximate surface area is 146 Å². The van der Waals surface area contributed by atoms with Gasteiger partial charge in [0.15, 0.2) is 5.78 Å². The van der Waals surface area contributed by atoms with Gasteiger partial charge < -0.3 is 10.4 Å². The molecule has 0 fully saturated rings. The molecule has 25 heavy (non-hydrogen) atoms. The lowest BCUT2D eigenvalue weighted by atomic mass is 9.78. The average Bonchev–Trinajstić information content (AvgIpc) is 2.62. The van der Waals surface area contributed by atoms with Gasteiger partial charge in [-0.1, -0.05) is 36.4 Å². The van der Waals surface area contributed by atoms with Crippen molar-refractivity contribution in [1.29, 1.82) is 0 Å². The van der Waals surface area contributed by atoms with Gasteiger partial charge in [0.05, 0.1) is 12.1 Å². The first-order valence-corrected chi connectivity index (χ1v) is 8.75. The van der Waals surface area contributed by atoms with Crippen LogP contribution in [0.15, 0.2) is 59.9 Å². The van der Waals surface area contributed by atoms with Crippen LogP contribution in [0.2, 0.25) is 0 Å². The molecule has 0 aromatic heterocycles. The number of allylic oxidation sites excluding steroid dienone is 1. The third-order valence-electron chi connectivity index (χ3n) is 5.34. The minimum Gasteiger partial charge on any atom is -0.512 e. The fourth-order valence-electron chi connectivity index (χ4n) is 4.10. The van der Waals surface area contributed by atoms with Crippen molar-refractivity contribution in [3.63, 3.8) is 0 Å². The number of hydrogen-bond acceptors (Lipinski definition) is 2. The molecular weight excluding hydrogens is 317 g/mol. The lowest BCUT2D eigenvalue weighted by Crippen LogP contribution is -2.87. The van der Waals surface area contributed by atoms with Crippen LogP contribution in [0.1, 0.15) is 41.5 Å². The molecule has 3 N–H and O–H groups in total. The fourth-order valence-corrected chi connectivity index (χ4v) is 4.10. The third-order valence-corrected chi connectivity index (χ3v) is 5.34. The van der Waals surface area contributed by atoms with Gasteiger partial charge in [-0.15, -0.1) is 0 Å². The first kappa shape index (κ1) is 16.0. The van der Waals surface area contributed by atoms with E-state index in [1.165, 1.54) is 17.7 Å². The molecule has 1 aliphatic carbocycles. The van der Waals surface area contributed by atoms with E-state index in [4.69, 9.17) is 0 Å². The van der Waals surface area contributed by atoms with Crippen LogP contribution in [0.3, 0.4) is 0 Å². The molecule has 2 aromatic rings. The number of aliphatic hydroxyl groups excluding tert-OH is 1. The summed E-state index contributed by atoms with van der Waals surface area (Å²) < 4.78 is 13.1. The molecule has 1 heterocycles. The third kappa shape index (κ3) is 2.98. The minimum atomic E-state index is -0.292. The van der Waals surface area contributed by atoms with Crippen LogP contribution in [-0.2, 0) is 11.2 Å². The van der Waals surface area contributed by atoms with Gasteiger partial charge in [-0.3, -0.25) is 4.79 Å². The van der Waals surface area contributed by atoms with Crippen molar-refractivity contribution in [3.05, 3.63) is 82.4 Å². The van der Waals surface area contributed by atoms with E-state index in [0.29, 0.717) is 18.4 Å². The van der Waals surface area contributed by atoms with Crippen molar-refractivity contribution >= 4 is 5.78 Å². The molecule has 2 aromatic carbocycles. The lowest BCUT2D eigenvalue weighted by molar-refractivity contribution is -0.690. The average molecular weight is 338 g/mol. The Morgan fingerprint density at radius 1 is 1.04 bits per heavy atom. The molecule has 0 saturated carbocycles. The summed E-state index contributed by atoms with van der Waals surface area (Å²) in [5.74, 6) is -0.199. The van der Waals surface area contributed by atoms with Crippen LogP contribution >= 0.6 is 0 Å². The van der Waals surface area contributed by atoms with E-state index < -0.39 is 0 Å². The summed E-state index contributed by atoms with van der Waals surface area (Å²) in [7, 11) is 0. The first-order valence-electron chi connectivity index (χ1n) is 8.75.